The standard InChI is InChI=1S/C12H16N2O2/c15-10-8-12(3-6-13-7-4-12)16-11-9(10)2-1-5-14-11/h1-2,5,10,13,15H,3-4,6-8H2. The number of nitrogens with zero attached hydrogens (tertiary/aromatic N) is 1. The first-order valence-corrected chi connectivity index (χ1v) is 5.82. The molecule has 1 unspecified atom stereocenters. The topological polar surface area (TPSA) is 54.4 Å². The number of piperidine rings is 1. The van der Waals surface area contributed by atoms with E-state index in [1.54, 1.807) is 6.20 Å². The van der Waals surface area contributed by atoms with E-state index in [2.05, 4.69) is 10.3 Å². The Labute approximate surface area is 94.7 Å². The highest BCUT2D eigenvalue weighted by atomic mass is 16.5. The fourth-order valence-corrected chi connectivity index (χ4v) is 2.64. The van der Waals surface area contributed by atoms with Gasteiger partial charge in [0.1, 0.15) is 5.60 Å². The quantitative estimate of drug-likeness (QED) is 0.685. The van der Waals surface area contributed by atoms with E-state index in [0.717, 1.165) is 31.5 Å². The first kappa shape index (κ1) is 10.1. The Morgan fingerprint density at radius 3 is 3.06 bits per heavy atom. The molecule has 0 aliphatic carbocycles. The second-order valence-electron chi connectivity index (χ2n) is 4.65. The lowest BCUT2D eigenvalue weighted by molar-refractivity contribution is -0.0373. The molecular weight excluding hydrogens is 204 g/mol. The predicted molar refractivity (Wildman–Crippen MR) is 59.3 cm³/mol. The van der Waals surface area contributed by atoms with E-state index in [9.17, 15) is 5.11 Å². The molecule has 1 atom stereocenters. The van der Waals surface area contributed by atoms with Gasteiger partial charge < -0.3 is 15.2 Å². The lowest BCUT2D eigenvalue weighted by atomic mass is 9.83. The molecule has 1 saturated heterocycles. The first-order valence-electron chi connectivity index (χ1n) is 5.82. The molecule has 0 bridgehead atoms. The van der Waals surface area contributed by atoms with E-state index < -0.39 is 6.10 Å². The molecule has 1 fully saturated rings. The number of rotatable bonds is 0. The van der Waals surface area contributed by atoms with Crippen LogP contribution in [0.1, 0.15) is 30.9 Å². The van der Waals surface area contributed by atoms with Crippen molar-refractivity contribution in [3.63, 3.8) is 0 Å². The third-order valence-corrected chi connectivity index (χ3v) is 3.55. The van der Waals surface area contributed by atoms with Crippen molar-refractivity contribution in [2.45, 2.75) is 31.0 Å². The highest BCUT2D eigenvalue weighted by Gasteiger charge is 2.41. The van der Waals surface area contributed by atoms with Gasteiger partial charge >= 0.3 is 0 Å². The summed E-state index contributed by atoms with van der Waals surface area (Å²) in [6, 6.07) is 3.73. The van der Waals surface area contributed by atoms with Gasteiger partial charge in [0.05, 0.1) is 6.10 Å². The molecule has 1 aromatic heterocycles. The number of fused-ring (bicyclic) bond motifs is 1. The van der Waals surface area contributed by atoms with E-state index >= 15 is 0 Å². The molecule has 2 N–H and O–H groups in total. The maximum Gasteiger partial charge on any atom is 0.219 e. The van der Waals surface area contributed by atoms with Gasteiger partial charge in [-0.05, 0) is 38.1 Å². The van der Waals surface area contributed by atoms with E-state index in [1.165, 1.54) is 0 Å². The summed E-state index contributed by atoms with van der Waals surface area (Å²) in [6.45, 7) is 1.91. The van der Waals surface area contributed by atoms with Gasteiger partial charge in [0.25, 0.3) is 0 Å². The Balaban J connectivity index is 1.93. The van der Waals surface area contributed by atoms with Crippen LogP contribution in [-0.2, 0) is 0 Å². The molecule has 2 aliphatic heterocycles. The number of aliphatic hydroxyl groups is 1. The van der Waals surface area contributed by atoms with Gasteiger partial charge in [0.2, 0.25) is 5.88 Å². The van der Waals surface area contributed by atoms with Crippen LogP contribution in [0.25, 0.3) is 0 Å². The molecule has 0 radical (unpaired) electrons. The third kappa shape index (κ3) is 1.58. The minimum atomic E-state index is -0.435. The summed E-state index contributed by atoms with van der Waals surface area (Å²) in [5.74, 6) is 0.614. The summed E-state index contributed by atoms with van der Waals surface area (Å²) in [6.07, 6.45) is 3.86. The highest BCUT2D eigenvalue weighted by molar-refractivity contribution is 5.31. The first-order chi connectivity index (χ1) is 7.79. The van der Waals surface area contributed by atoms with Crippen LogP contribution in [-0.4, -0.2) is 28.8 Å². The number of nitrogens with one attached hydrogen (secondary N) is 1. The van der Waals surface area contributed by atoms with Crippen molar-refractivity contribution in [2.75, 3.05) is 13.1 Å². The maximum absolute atomic E-state index is 10.1. The summed E-state index contributed by atoms with van der Waals surface area (Å²) < 4.78 is 6.02. The monoisotopic (exact) mass is 220 g/mol. The van der Waals surface area contributed by atoms with Crippen molar-refractivity contribution in [2.24, 2.45) is 0 Å². The van der Waals surface area contributed by atoms with Crippen LogP contribution < -0.4 is 10.1 Å². The highest BCUT2D eigenvalue weighted by Crippen LogP contribution is 2.41. The second kappa shape index (κ2) is 3.71. The van der Waals surface area contributed by atoms with Crippen LogP contribution in [0.3, 0.4) is 0 Å². The van der Waals surface area contributed by atoms with Crippen molar-refractivity contribution in [3.05, 3.63) is 23.9 Å². The largest absolute Gasteiger partial charge is 0.471 e. The van der Waals surface area contributed by atoms with Crippen molar-refractivity contribution in [1.29, 1.82) is 0 Å². The van der Waals surface area contributed by atoms with Crippen molar-refractivity contribution in [3.8, 4) is 5.88 Å². The zero-order valence-corrected chi connectivity index (χ0v) is 9.15. The molecule has 3 heterocycles. The number of pyridine rings is 1. The lowest BCUT2D eigenvalue weighted by Gasteiger charge is -2.42. The van der Waals surface area contributed by atoms with Gasteiger partial charge in [-0.1, -0.05) is 0 Å². The molecule has 0 amide bonds. The molecule has 4 nitrogen and oxygen atoms in total. The summed E-state index contributed by atoms with van der Waals surface area (Å²) >= 11 is 0. The van der Waals surface area contributed by atoms with Gasteiger partial charge in [-0.2, -0.15) is 0 Å². The van der Waals surface area contributed by atoms with Crippen LogP contribution >= 0.6 is 0 Å². The fourth-order valence-electron chi connectivity index (χ4n) is 2.64. The Morgan fingerprint density at radius 1 is 1.44 bits per heavy atom. The molecule has 1 aromatic rings. The SMILES string of the molecule is OC1CC2(CCNCC2)Oc2ncccc21. The molecule has 4 heteroatoms. The number of hydrogen-bond acceptors (Lipinski definition) is 4. The average Bonchev–Trinajstić information content (AvgIpc) is 2.30. The molecule has 86 valence electrons. The number of hydrogen-bond donors (Lipinski definition) is 2. The Hall–Kier alpha value is -1.13. The summed E-state index contributed by atoms with van der Waals surface area (Å²) in [5.41, 5.74) is 0.623. The third-order valence-electron chi connectivity index (χ3n) is 3.55. The summed E-state index contributed by atoms with van der Waals surface area (Å²) in [5, 5.41) is 13.5. The Bertz CT molecular complexity index is 388. The van der Waals surface area contributed by atoms with Gasteiger partial charge in [-0.25, -0.2) is 4.98 Å². The minimum Gasteiger partial charge on any atom is -0.471 e. The van der Waals surface area contributed by atoms with Crippen LogP contribution in [0.5, 0.6) is 5.88 Å². The molecule has 0 saturated carbocycles. The van der Waals surface area contributed by atoms with Gasteiger partial charge in [0, 0.05) is 18.2 Å². The zero-order valence-electron chi connectivity index (χ0n) is 9.15. The van der Waals surface area contributed by atoms with Crippen LogP contribution in [0.15, 0.2) is 18.3 Å². The molecule has 2 aliphatic rings. The van der Waals surface area contributed by atoms with E-state index in [4.69, 9.17) is 4.74 Å². The van der Waals surface area contributed by atoms with E-state index in [-0.39, 0.29) is 5.60 Å². The maximum atomic E-state index is 10.1. The summed E-state index contributed by atoms with van der Waals surface area (Å²) in [7, 11) is 0. The number of aliphatic hydroxyl groups excluding tert-OH is 1. The fraction of sp³-hybridized carbons (Fsp3) is 0.583. The van der Waals surface area contributed by atoms with Gasteiger partial charge in [-0.15, -0.1) is 0 Å². The smallest absolute Gasteiger partial charge is 0.219 e. The minimum absolute atomic E-state index is 0.202. The Morgan fingerprint density at radius 2 is 2.25 bits per heavy atom. The second-order valence-corrected chi connectivity index (χ2v) is 4.65. The van der Waals surface area contributed by atoms with Crippen LogP contribution in [0.2, 0.25) is 0 Å². The predicted octanol–water partition coefficient (Wildman–Crippen LogP) is 1.02. The molecular formula is C12H16N2O2. The van der Waals surface area contributed by atoms with Crippen molar-refractivity contribution in [1.82, 2.24) is 10.3 Å². The number of aromatic nitrogens is 1. The Kier molecular flexibility index (Phi) is 2.33. The van der Waals surface area contributed by atoms with E-state index in [1.807, 2.05) is 12.1 Å². The molecule has 1 spiro atoms. The summed E-state index contributed by atoms with van der Waals surface area (Å²) in [4.78, 5) is 4.22. The van der Waals surface area contributed by atoms with Gasteiger partial charge in [0.15, 0.2) is 0 Å². The van der Waals surface area contributed by atoms with Gasteiger partial charge in [-0.3, -0.25) is 0 Å². The average molecular weight is 220 g/mol. The van der Waals surface area contributed by atoms with Crippen LogP contribution in [0.4, 0.5) is 0 Å². The number of ether oxygens (including phenoxy) is 1. The van der Waals surface area contributed by atoms with Crippen molar-refractivity contribution >= 4 is 0 Å². The molecule has 0 aromatic carbocycles. The normalized spacial score (nSPS) is 27.2. The van der Waals surface area contributed by atoms with Crippen LogP contribution in [0, 0.1) is 0 Å². The molecule has 16 heavy (non-hydrogen) atoms. The lowest BCUT2D eigenvalue weighted by Crippen LogP contribution is -2.49. The van der Waals surface area contributed by atoms with E-state index in [0.29, 0.717) is 12.3 Å². The van der Waals surface area contributed by atoms with Crippen molar-refractivity contribution < 1.29 is 9.84 Å². The zero-order chi connectivity index (χ0) is 11.0. The molecule has 3 rings (SSSR count).